The van der Waals surface area contributed by atoms with Gasteiger partial charge in [0.15, 0.2) is 4.60 Å². The molecule has 4 heteroatoms. The lowest BCUT2D eigenvalue weighted by atomic mass is 10.5. The van der Waals surface area contributed by atoms with Gasteiger partial charge in [0.25, 0.3) is 0 Å². The van der Waals surface area contributed by atoms with E-state index in [0.29, 0.717) is 0 Å². The van der Waals surface area contributed by atoms with Crippen LogP contribution >= 0.6 is 15.9 Å². The molecule has 0 aliphatic heterocycles. The van der Waals surface area contributed by atoms with Crippen molar-refractivity contribution in [2.75, 3.05) is 0 Å². The van der Waals surface area contributed by atoms with Crippen LogP contribution in [0.2, 0.25) is 0 Å². The monoisotopic (exact) mass is 187 g/mol. The molecule has 0 bridgehead atoms. The Balaban J connectivity index is 3.22. The van der Waals surface area contributed by atoms with Crippen LogP contribution in [0.15, 0.2) is 11.2 Å². The highest BCUT2D eigenvalue weighted by atomic mass is 79.9. The van der Waals surface area contributed by atoms with E-state index in [2.05, 4.69) is 32.8 Å². The van der Waals surface area contributed by atoms with Crippen LogP contribution in [0.5, 0.6) is 0 Å². The lowest BCUT2D eigenvalue weighted by Gasteiger charge is -1.88. The Morgan fingerprint density at radius 1 is 1.78 bits per heavy atom. The number of halogens is 1. The minimum Gasteiger partial charge on any atom is -0.247 e. The van der Waals surface area contributed by atoms with Crippen LogP contribution in [-0.4, -0.2) is 15.0 Å². The normalized spacial score (nSPS) is 9.56. The highest BCUT2D eigenvalue weighted by Crippen LogP contribution is 2.11. The molecule has 0 unspecified atom stereocenters. The fourth-order valence-electron chi connectivity index (χ4n) is 0.556. The summed E-state index contributed by atoms with van der Waals surface area (Å²) in [6.07, 6.45) is 1.70. The number of hydrogen-bond donors (Lipinski definition) is 0. The minimum absolute atomic E-state index is 0.736. The minimum atomic E-state index is 0.736. The Kier molecular flexibility index (Phi) is 1.66. The fraction of sp³-hybridized carbons (Fsp3) is 0.200. The van der Waals surface area contributed by atoms with Gasteiger partial charge in [-0.25, -0.2) is 4.68 Å². The van der Waals surface area contributed by atoms with Crippen molar-refractivity contribution < 1.29 is 0 Å². The molecule has 1 aromatic heterocycles. The summed E-state index contributed by atoms with van der Waals surface area (Å²) in [5, 5.41) is 7.48. The van der Waals surface area contributed by atoms with E-state index in [4.69, 9.17) is 0 Å². The van der Waals surface area contributed by atoms with Gasteiger partial charge in [-0.05, 0) is 22.0 Å². The first-order valence-electron chi connectivity index (χ1n) is 2.43. The van der Waals surface area contributed by atoms with E-state index in [-0.39, 0.29) is 0 Å². The lowest BCUT2D eigenvalue weighted by Crippen LogP contribution is -1.92. The number of nitrogens with zero attached hydrogens (tertiary/aromatic N) is 3. The first-order chi connectivity index (χ1) is 4.25. The number of hydrogen-bond acceptors (Lipinski definition) is 2. The van der Waals surface area contributed by atoms with E-state index < -0.39 is 0 Å². The molecule has 0 aliphatic carbocycles. The standard InChI is InChI=1S/C5H6BrN3/c1-3-4-5(6)7-8-9(4)2/h3H,1H2,2H3. The maximum absolute atomic E-state index is 3.75. The zero-order valence-electron chi connectivity index (χ0n) is 5.00. The summed E-state index contributed by atoms with van der Waals surface area (Å²) in [7, 11) is 1.81. The topological polar surface area (TPSA) is 30.7 Å². The van der Waals surface area contributed by atoms with E-state index in [1.807, 2.05) is 7.05 Å². The van der Waals surface area contributed by atoms with Gasteiger partial charge in [0.1, 0.15) is 0 Å². The van der Waals surface area contributed by atoms with Crippen molar-refractivity contribution in [1.29, 1.82) is 0 Å². The molecule has 1 rings (SSSR count). The first-order valence-corrected chi connectivity index (χ1v) is 3.22. The smallest absolute Gasteiger partial charge is 0.155 e. The molecule has 0 fully saturated rings. The summed E-state index contributed by atoms with van der Waals surface area (Å²) in [4.78, 5) is 0. The largest absolute Gasteiger partial charge is 0.247 e. The average Bonchev–Trinajstić information content (AvgIpc) is 2.12. The van der Waals surface area contributed by atoms with Gasteiger partial charge in [-0.15, -0.1) is 5.10 Å². The molecule has 48 valence electrons. The predicted molar refractivity (Wildman–Crippen MR) is 38.8 cm³/mol. The third kappa shape index (κ3) is 1.03. The number of aromatic nitrogens is 3. The summed E-state index contributed by atoms with van der Waals surface area (Å²) in [6, 6.07) is 0. The van der Waals surface area contributed by atoms with E-state index >= 15 is 0 Å². The van der Waals surface area contributed by atoms with Crippen LogP contribution in [0.25, 0.3) is 6.08 Å². The van der Waals surface area contributed by atoms with Crippen LogP contribution in [0.1, 0.15) is 5.69 Å². The van der Waals surface area contributed by atoms with Gasteiger partial charge < -0.3 is 0 Å². The molecule has 0 N–H and O–H groups in total. The van der Waals surface area contributed by atoms with Crippen molar-refractivity contribution >= 4 is 22.0 Å². The Morgan fingerprint density at radius 2 is 2.44 bits per heavy atom. The predicted octanol–water partition coefficient (Wildman–Crippen LogP) is 1.22. The van der Waals surface area contributed by atoms with Crippen molar-refractivity contribution in [1.82, 2.24) is 15.0 Å². The van der Waals surface area contributed by atoms with Gasteiger partial charge in [0.2, 0.25) is 0 Å². The van der Waals surface area contributed by atoms with E-state index in [1.165, 1.54) is 0 Å². The fourth-order valence-corrected chi connectivity index (χ4v) is 1.05. The Hall–Kier alpha value is -0.640. The number of aryl methyl sites for hydroxylation is 1. The molecule has 1 heterocycles. The SMILES string of the molecule is C=Cc1c(Br)nnn1C. The summed E-state index contributed by atoms with van der Waals surface area (Å²) >= 11 is 3.21. The van der Waals surface area contributed by atoms with E-state index in [1.54, 1.807) is 10.8 Å². The van der Waals surface area contributed by atoms with Crippen LogP contribution in [0.3, 0.4) is 0 Å². The zero-order chi connectivity index (χ0) is 6.85. The van der Waals surface area contributed by atoms with Crippen molar-refractivity contribution in [3.05, 3.63) is 16.9 Å². The molecule has 3 nitrogen and oxygen atoms in total. The molecule has 0 saturated heterocycles. The number of rotatable bonds is 1. The first kappa shape index (κ1) is 6.48. The molecule has 0 amide bonds. The second-order valence-corrected chi connectivity index (χ2v) is 2.34. The lowest BCUT2D eigenvalue weighted by molar-refractivity contribution is 0.709. The van der Waals surface area contributed by atoms with Gasteiger partial charge in [0.05, 0.1) is 5.69 Å². The zero-order valence-corrected chi connectivity index (χ0v) is 6.59. The van der Waals surface area contributed by atoms with Crippen LogP contribution < -0.4 is 0 Å². The quantitative estimate of drug-likeness (QED) is 0.663. The Bertz CT molecular complexity index is 209. The van der Waals surface area contributed by atoms with Gasteiger partial charge in [-0.2, -0.15) is 0 Å². The van der Waals surface area contributed by atoms with Crippen LogP contribution in [0, 0.1) is 0 Å². The maximum Gasteiger partial charge on any atom is 0.155 e. The molecule has 0 aromatic carbocycles. The average molecular weight is 188 g/mol. The molecule has 9 heavy (non-hydrogen) atoms. The highest BCUT2D eigenvalue weighted by molar-refractivity contribution is 9.10. The van der Waals surface area contributed by atoms with Crippen LogP contribution in [-0.2, 0) is 7.05 Å². The van der Waals surface area contributed by atoms with Crippen molar-refractivity contribution in [3.63, 3.8) is 0 Å². The molecule has 1 aromatic rings. The Labute approximate surface area is 61.5 Å². The van der Waals surface area contributed by atoms with E-state index in [0.717, 1.165) is 10.3 Å². The summed E-state index contributed by atoms with van der Waals surface area (Å²) in [5.41, 5.74) is 0.898. The molecule has 0 atom stereocenters. The second-order valence-electron chi connectivity index (χ2n) is 1.59. The van der Waals surface area contributed by atoms with Gasteiger partial charge in [-0.1, -0.05) is 11.8 Å². The molecule has 0 aliphatic rings. The molecule has 0 spiro atoms. The third-order valence-corrected chi connectivity index (χ3v) is 1.58. The van der Waals surface area contributed by atoms with Crippen molar-refractivity contribution in [3.8, 4) is 0 Å². The third-order valence-electron chi connectivity index (χ3n) is 1.02. The summed E-state index contributed by atoms with van der Waals surface area (Å²) < 4.78 is 2.39. The van der Waals surface area contributed by atoms with Gasteiger partial charge in [0, 0.05) is 7.05 Å². The van der Waals surface area contributed by atoms with Crippen molar-refractivity contribution in [2.45, 2.75) is 0 Å². The van der Waals surface area contributed by atoms with Crippen LogP contribution in [0.4, 0.5) is 0 Å². The van der Waals surface area contributed by atoms with Gasteiger partial charge in [-0.3, -0.25) is 0 Å². The molecule has 0 saturated carbocycles. The summed E-state index contributed by atoms with van der Waals surface area (Å²) in [5.74, 6) is 0. The molecular formula is C5H6BrN3. The van der Waals surface area contributed by atoms with Crippen molar-refractivity contribution in [2.24, 2.45) is 7.05 Å². The molecule has 0 radical (unpaired) electrons. The molecular weight excluding hydrogens is 182 g/mol. The maximum atomic E-state index is 3.75. The summed E-state index contributed by atoms with van der Waals surface area (Å²) in [6.45, 7) is 3.59. The van der Waals surface area contributed by atoms with Gasteiger partial charge >= 0.3 is 0 Å². The second kappa shape index (κ2) is 2.31. The van der Waals surface area contributed by atoms with E-state index in [9.17, 15) is 0 Å². The highest BCUT2D eigenvalue weighted by Gasteiger charge is 2.00. The Morgan fingerprint density at radius 3 is 2.67 bits per heavy atom.